The van der Waals surface area contributed by atoms with Crippen LogP contribution < -0.4 is 5.32 Å². The summed E-state index contributed by atoms with van der Waals surface area (Å²) in [5.41, 5.74) is 4.72. The van der Waals surface area contributed by atoms with Crippen LogP contribution in [0.15, 0.2) is 85.1 Å². The van der Waals surface area contributed by atoms with Gasteiger partial charge in [-0.2, -0.15) is 4.68 Å². The molecule has 0 spiro atoms. The first kappa shape index (κ1) is 22.0. The summed E-state index contributed by atoms with van der Waals surface area (Å²) in [6, 6.07) is 25.2. The quantitative estimate of drug-likeness (QED) is 0.417. The van der Waals surface area contributed by atoms with Crippen LogP contribution in [0.2, 0.25) is 0 Å². The SMILES string of the molecule is CC(=O)Cc1ccc(-c2ccc(-n3nncc3NC(=O)OC(C)c3ccccc3)cc2)cc1. The molecule has 0 bridgehead atoms. The number of ether oxygens (including phenoxy) is 1. The van der Waals surface area contributed by atoms with Crippen LogP contribution in [0.4, 0.5) is 10.6 Å². The van der Waals surface area contributed by atoms with Crippen LogP contribution in [0.1, 0.15) is 31.1 Å². The van der Waals surface area contributed by atoms with E-state index in [-0.39, 0.29) is 5.78 Å². The van der Waals surface area contributed by atoms with Crippen LogP contribution in [0.5, 0.6) is 0 Å². The maximum Gasteiger partial charge on any atom is 0.413 e. The number of aromatic nitrogens is 3. The summed E-state index contributed by atoms with van der Waals surface area (Å²) in [6.07, 6.45) is 0.929. The number of rotatable bonds is 7. The van der Waals surface area contributed by atoms with E-state index in [1.54, 1.807) is 6.92 Å². The van der Waals surface area contributed by atoms with Crippen molar-refractivity contribution in [3.8, 4) is 16.8 Å². The molecule has 4 rings (SSSR count). The molecule has 1 aromatic heterocycles. The first-order valence-corrected chi connectivity index (χ1v) is 10.6. The van der Waals surface area contributed by atoms with E-state index in [1.807, 2.05) is 85.8 Å². The van der Waals surface area contributed by atoms with Gasteiger partial charge in [-0.15, -0.1) is 5.10 Å². The van der Waals surface area contributed by atoms with Crippen molar-refractivity contribution < 1.29 is 14.3 Å². The number of Topliss-reactive ketones (excluding diaryl/α,β-unsaturated/α-hetero) is 1. The zero-order valence-corrected chi connectivity index (χ0v) is 18.4. The number of ketones is 1. The highest BCUT2D eigenvalue weighted by Gasteiger charge is 2.15. The standard InChI is InChI=1S/C26H24N4O3/c1-18(31)16-20-8-10-22(11-9-20)23-12-14-24(15-13-23)30-25(17-27-29-30)28-26(32)33-19(2)21-6-4-3-5-7-21/h3-15,17,19H,16H2,1-2H3,(H,28,32). The molecule has 0 radical (unpaired) electrons. The number of carbonyl (C=O) groups excluding carboxylic acids is 2. The van der Waals surface area contributed by atoms with Gasteiger partial charge in [-0.25, -0.2) is 4.79 Å². The summed E-state index contributed by atoms with van der Waals surface area (Å²) in [5, 5.41) is 10.7. The zero-order valence-electron chi connectivity index (χ0n) is 18.4. The zero-order chi connectivity index (χ0) is 23.2. The average Bonchev–Trinajstić information content (AvgIpc) is 3.28. The number of carbonyl (C=O) groups is 2. The Morgan fingerprint density at radius 2 is 1.58 bits per heavy atom. The fourth-order valence-electron chi connectivity index (χ4n) is 3.50. The van der Waals surface area contributed by atoms with Crippen LogP contribution in [0.3, 0.4) is 0 Å². The van der Waals surface area contributed by atoms with E-state index < -0.39 is 12.2 Å². The summed E-state index contributed by atoms with van der Waals surface area (Å²) in [6.45, 7) is 3.40. The predicted octanol–water partition coefficient (Wildman–Crippen LogP) is 5.38. The fourth-order valence-corrected chi connectivity index (χ4v) is 3.50. The summed E-state index contributed by atoms with van der Waals surface area (Å²) in [4.78, 5) is 23.7. The van der Waals surface area contributed by atoms with E-state index in [0.717, 1.165) is 27.9 Å². The number of hydrogen-bond acceptors (Lipinski definition) is 5. The molecule has 1 heterocycles. The number of nitrogens with one attached hydrogen (secondary N) is 1. The lowest BCUT2D eigenvalue weighted by molar-refractivity contribution is -0.116. The summed E-state index contributed by atoms with van der Waals surface area (Å²) in [7, 11) is 0. The predicted molar refractivity (Wildman–Crippen MR) is 126 cm³/mol. The third kappa shape index (κ3) is 5.51. The van der Waals surface area contributed by atoms with Crippen LogP contribution >= 0.6 is 0 Å². The van der Waals surface area contributed by atoms with Gasteiger partial charge in [-0.3, -0.25) is 10.1 Å². The Morgan fingerprint density at radius 3 is 2.21 bits per heavy atom. The maximum atomic E-state index is 12.4. The van der Waals surface area contributed by atoms with Gasteiger partial charge < -0.3 is 4.74 Å². The highest BCUT2D eigenvalue weighted by Crippen LogP contribution is 2.23. The molecule has 1 amide bonds. The molecule has 0 saturated carbocycles. The van der Waals surface area contributed by atoms with Gasteiger partial charge in [0.25, 0.3) is 0 Å². The molecular formula is C26H24N4O3. The van der Waals surface area contributed by atoms with Gasteiger partial charge in [0, 0.05) is 6.42 Å². The van der Waals surface area contributed by atoms with Gasteiger partial charge in [-0.05, 0) is 48.2 Å². The Labute approximate surface area is 192 Å². The lowest BCUT2D eigenvalue weighted by atomic mass is 10.0. The number of anilines is 1. The van der Waals surface area contributed by atoms with Gasteiger partial charge in [0.2, 0.25) is 0 Å². The second-order valence-electron chi connectivity index (χ2n) is 7.74. The monoisotopic (exact) mass is 440 g/mol. The molecule has 0 aliphatic carbocycles. The lowest BCUT2D eigenvalue weighted by Crippen LogP contribution is -2.18. The van der Waals surface area contributed by atoms with E-state index >= 15 is 0 Å². The molecule has 0 aliphatic heterocycles. The van der Waals surface area contributed by atoms with E-state index in [1.165, 1.54) is 10.9 Å². The summed E-state index contributed by atoms with van der Waals surface area (Å²) < 4.78 is 7.01. The number of nitrogens with zero attached hydrogens (tertiary/aromatic N) is 3. The molecule has 166 valence electrons. The number of benzene rings is 3. The van der Waals surface area contributed by atoms with Crippen LogP contribution in [-0.2, 0) is 16.0 Å². The van der Waals surface area contributed by atoms with E-state index in [0.29, 0.717) is 12.2 Å². The molecule has 1 atom stereocenters. The molecular weight excluding hydrogens is 416 g/mol. The van der Waals surface area contributed by atoms with Gasteiger partial charge in [0.05, 0.1) is 11.9 Å². The van der Waals surface area contributed by atoms with Crippen molar-refractivity contribution in [1.82, 2.24) is 15.0 Å². The summed E-state index contributed by atoms with van der Waals surface area (Å²) in [5.74, 6) is 0.546. The molecule has 1 N–H and O–H groups in total. The normalized spacial score (nSPS) is 11.6. The van der Waals surface area contributed by atoms with Crippen molar-refractivity contribution in [2.45, 2.75) is 26.4 Å². The van der Waals surface area contributed by atoms with Gasteiger partial charge in [-0.1, -0.05) is 71.9 Å². The van der Waals surface area contributed by atoms with Crippen molar-refractivity contribution in [2.24, 2.45) is 0 Å². The first-order valence-electron chi connectivity index (χ1n) is 10.6. The van der Waals surface area contributed by atoms with Gasteiger partial charge in [0.1, 0.15) is 11.9 Å². The molecule has 33 heavy (non-hydrogen) atoms. The minimum absolute atomic E-state index is 0.141. The minimum atomic E-state index is -0.586. The molecule has 0 saturated heterocycles. The van der Waals surface area contributed by atoms with E-state index in [9.17, 15) is 9.59 Å². The third-order valence-electron chi connectivity index (χ3n) is 5.18. The van der Waals surface area contributed by atoms with Crippen molar-refractivity contribution in [1.29, 1.82) is 0 Å². The third-order valence-corrected chi connectivity index (χ3v) is 5.18. The molecule has 1 unspecified atom stereocenters. The highest BCUT2D eigenvalue weighted by atomic mass is 16.6. The highest BCUT2D eigenvalue weighted by molar-refractivity contribution is 5.84. The fraction of sp³-hybridized carbons (Fsp3) is 0.154. The molecule has 0 aliphatic rings. The minimum Gasteiger partial charge on any atom is -0.441 e. The number of hydrogen-bond donors (Lipinski definition) is 1. The van der Waals surface area contributed by atoms with E-state index in [2.05, 4.69) is 15.6 Å². The first-order chi connectivity index (χ1) is 16.0. The topological polar surface area (TPSA) is 86.1 Å². The Kier molecular flexibility index (Phi) is 6.59. The van der Waals surface area contributed by atoms with E-state index in [4.69, 9.17) is 4.74 Å². The molecule has 7 heteroatoms. The van der Waals surface area contributed by atoms with Crippen molar-refractivity contribution >= 4 is 17.7 Å². The Hall–Kier alpha value is -4.26. The molecule has 0 fully saturated rings. The van der Waals surface area contributed by atoms with Crippen molar-refractivity contribution in [2.75, 3.05) is 5.32 Å². The van der Waals surface area contributed by atoms with Crippen molar-refractivity contribution in [3.05, 3.63) is 96.2 Å². The largest absolute Gasteiger partial charge is 0.441 e. The van der Waals surface area contributed by atoms with Crippen LogP contribution in [-0.4, -0.2) is 26.9 Å². The van der Waals surface area contributed by atoms with Gasteiger partial charge in [0.15, 0.2) is 5.82 Å². The van der Waals surface area contributed by atoms with Gasteiger partial charge >= 0.3 is 6.09 Å². The molecule has 4 aromatic rings. The Morgan fingerprint density at radius 1 is 0.939 bits per heavy atom. The number of amides is 1. The molecule has 7 nitrogen and oxygen atoms in total. The molecule has 3 aromatic carbocycles. The second kappa shape index (κ2) is 9.91. The smallest absolute Gasteiger partial charge is 0.413 e. The Bertz CT molecular complexity index is 1230. The second-order valence-corrected chi connectivity index (χ2v) is 7.74. The lowest BCUT2D eigenvalue weighted by Gasteiger charge is -2.14. The van der Waals surface area contributed by atoms with Crippen molar-refractivity contribution in [3.63, 3.8) is 0 Å². The maximum absolute atomic E-state index is 12.4. The summed E-state index contributed by atoms with van der Waals surface area (Å²) >= 11 is 0. The van der Waals surface area contributed by atoms with Crippen LogP contribution in [0.25, 0.3) is 16.8 Å². The van der Waals surface area contributed by atoms with Crippen LogP contribution in [0, 0.1) is 0 Å². The Balaban J connectivity index is 1.44. The average molecular weight is 441 g/mol.